The number of esters is 1. The number of carbonyl (C=O) groups excluding carboxylic acids is 1. The number of rotatable bonds is 6. The molecule has 0 unspecified atom stereocenters. The van der Waals surface area contributed by atoms with Gasteiger partial charge in [0.25, 0.3) is 0 Å². The Hall–Kier alpha value is -4.59. The van der Waals surface area contributed by atoms with Gasteiger partial charge in [-0.05, 0) is 37.3 Å². The molecule has 5 aromatic rings. The minimum absolute atomic E-state index is 0.253. The Morgan fingerprint density at radius 2 is 1.76 bits per heavy atom. The number of ether oxygens (including phenoxy) is 1. The van der Waals surface area contributed by atoms with E-state index in [1.54, 1.807) is 17.7 Å². The van der Waals surface area contributed by atoms with E-state index in [1.165, 1.54) is 6.20 Å². The van der Waals surface area contributed by atoms with E-state index in [9.17, 15) is 4.79 Å². The van der Waals surface area contributed by atoms with E-state index in [2.05, 4.69) is 20.6 Å². The molecule has 8 heteroatoms. The maximum atomic E-state index is 12.6. The second kappa shape index (κ2) is 8.88. The van der Waals surface area contributed by atoms with Gasteiger partial charge < -0.3 is 10.1 Å². The number of para-hydroxylation sites is 1. The van der Waals surface area contributed by atoms with Crippen LogP contribution in [-0.4, -0.2) is 37.5 Å². The van der Waals surface area contributed by atoms with Gasteiger partial charge in [-0.2, -0.15) is 9.78 Å². The predicted molar refractivity (Wildman–Crippen MR) is 126 cm³/mol. The number of hydrogen-bond acceptors (Lipinski definition) is 7. The Balaban J connectivity index is 1.53. The Morgan fingerprint density at radius 1 is 0.939 bits per heavy atom. The molecule has 0 bridgehead atoms. The number of aromatic nitrogens is 5. The first-order valence-corrected chi connectivity index (χ1v) is 10.5. The SMILES string of the molecule is CCOC(=O)c1cnn(-c2ccc3ccccc3n2)c1Nc1ccc(-c2ccccc2)nn1. The number of fused-ring (bicyclic) bond motifs is 1. The van der Waals surface area contributed by atoms with Crippen molar-refractivity contribution in [3.63, 3.8) is 0 Å². The zero-order chi connectivity index (χ0) is 22.6. The fraction of sp³-hybridized carbons (Fsp3) is 0.0800. The van der Waals surface area contributed by atoms with Crippen molar-refractivity contribution in [1.29, 1.82) is 0 Å². The quantitative estimate of drug-likeness (QED) is 0.382. The van der Waals surface area contributed by atoms with E-state index in [0.29, 0.717) is 17.5 Å². The summed E-state index contributed by atoms with van der Waals surface area (Å²) in [6, 6.07) is 25.1. The van der Waals surface area contributed by atoms with E-state index in [-0.39, 0.29) is 12.2 Å². The molecule has 3 heterocycles. The van der Waals surface area contributed by atoms with Crippen molar-refractivity contribution in [2.75, 3.05) is 11.9 Å². The highest BCUT2D eigenvalue weighted by Gasteiger charge is 2.21. The summed E-state index contributed by atoms with van der Waals surface area (Å²) in [7, 11) is 0. The van der Waals surface area contributed by atoms with Crippen molar-refractivity contribution in [1.82, 2.24) is 25.0 Å². The Bertz CT molecular complexity index is 1410. The van der Waals surface area contributed by atoms with Crippen LogP contribution in [0.2, 0.25) is 0 Å². The van der Waals surface area contributed by atoms with E-state index < -0.39 is 5.97 Å². The van der Waals surface area contributed by atoms with Crippen molar-refractivity contribution in [3.8, 4) is 17.1 Å². The highest BCUT2D eigenvalue weighted by molar-refractivity contribution is 5.95. The Labute approximate surface area is 189 Å². The summed E-state index contributed by atoms with van der Waals surface area (Å²) < 4.78 is 6.77. The van der Waals surface area contributed by atoms with Crippen LogP contribution in [0.4, 0.5) is 11.6 Å². The van der Waals surface area contributed by atoms with Crippen LogP contribution in [0.15, 0.2) is 85.1 Å². The highest BCUT2D eigenvalue weighted by Crippen LogP contribution is 2.25. The van der Waals surface area contributed by atoms with Crippen LogP contribution in [0.5, 0.6) is 0 Å². The summed E-state index contributed by atoms with van der Waals surface area (Å²) in [4.78, 5) is 17.3. The van der Waals surface area contributed by atoms with Crippen molar-refractivity contribution in [2.24, 2.45) is 0 Å². The maximum Gasteiger partial charge on any atom is 0.343 e. The summed E-state index contributed by atoms with van der Waals surface area (Å²) in [5.41, 5.74) is 2.81. The molecule has 0 aliphatic carbocycles. The first-order chi connectivity index (χ1) is 16.2. The van der Waals surface area contributed by atoms with E-state index >= 15 is 0 Å². The zero-order valence-corrected chi connectivity index (χ0v) is 17.8. The van der Waals surface area contributed by atoms with Gasteiger partial charge in [-0.25, -0.2) is 9.78 Å². The number of carbonyl (C=O) groups is 1. The molecule has 0 saturated carbocycles. The average Bonchev–Trinajstić information content (AvgIpc) is 3.28. The lowest BCUT2D eigenvalue weighted by molar-refractivity contribution is 0.0527. The molecule has 33 heavy (non-hydrogen) atoms. The first kappa shape index (κ1) is 20.3. The second-order valence-corrected chi connectivity index (χ2v) is 7.20. The number of hydrogen-bond donors (Lipinski definition) is 1. The van der Waals surface area contributed by atoms with Crippen LogP contribution in [0.3, 0.4) is 0 Å². The van der Waals surface area contributed by atoms with Gasteiger partial charge in [-0.15, -0.1) is 10.2 Å². The lowest BCUT2D eigenvalue weighted by atomic mass is 10.1. The van der Waals surface area contributed by atoms with Gasteiger partial charge in [0.15, 0.2) is 17.5 Å². The number of benzene rings is 2. The lowest BCUT2D eigenvalue weighted by Crippen LogP contribution is -2.11. The van der Waals surface area contributed by atoms with Crippen molar-refractivity contribution in [3.05, 3.63) is 90.6 Å². The molecule has 0 saturated heterocycles. The normalized spacial score (nSPS) is 10.8. The van der Waals surface area contributed by atoms with Crippen molar-refractivity contribution < 1.29 is 9.53 Å². The lowest BCUT2D eigenvalue weighted by Gasteiger charge is -2.11. The molecule has 1 N–H and O–H groups in total. The summed E-state index contributed by atoms with van der Waals surface area (Å²) in [6.45, 7) is 2.01. The Morgan fingerprint density at radius 3 is 2.55 bits per heavy atom. The average molecular weight is 436 g/mol. The monoisotopic (exact) mass is 436 g/mol. The highest BCUT2D eigenvalue weighted by atomic mass is 16.5. The van der Waals surface area contributed by atoms with Crippen molar-refractivity contribution >= 4 is 28.5 Å². The third-order valence-electron chi connectivity index (χ3n) is 5.05. The molecule has 0 fully saturated rings. The molecular weight excluding hydrogens is 416 g/mol. The molecule has 3 aromatic heterocycles. The van der Waals surface area contributed by atoms with Crippen LogP contribution in [0, 0.1) is 0 Å². The molecule has 8 nitrogen and oxygen atoms in total. The number of nitrogens with one attached hydrogen (secondary N) is 1. The van der Waals surface area contributed by atoms with Gasteiger partial charge in [0, 0.05) is 10.9 Å². The molecule has 0 radical (unpaired) electrons. The van der Waals surface area contributed by atoms with Gasteiger partial charge in [-0.3, -0.25) is 0 Å². The van der Waals surface area contributed by atoms with Gasteiger partial charge >= 0.3 is 5.97 Å². The number of nitrogens with zero attached hydrogens (tertiary/aromatic N) is 5. The van der Waals surface area contributed by atoms with E-state index in [4.69, 9.17) is 9.72 Å². The van der Waals surface area contributed by atoms with E-state index in [1.807, 2.05) is 72.8 Å². The fourth-order valence-electron chi connectivity index (χ4n) is 3.46. The summed E-state index contributed by atoms with van der Waals surface area (Å²) in [5, 5.41) is 17.2. The third kappa shape index (κ3) is 4.14. The fourth-order valence-corrected chi connectivity index (χ4v) is 3.46. The molecule has 0 aliphatic rings. The minimum Gasteiger partial charge on any atom is -0.462 e. The minimum atomic E-state index is -0.485. The van der Waals surface area contributed by atoms with Crippen LogP contribution < -0.4 is 5.32 Å². The maximum absolute atomic E-state index is 12.6. The third-order valence-corrected chi connectivity index (χ3v) is 5.05. The van der Waals surface area contributed by atoms with Crippen LogP contribution in [-0.2, 0) is 4.74 Å². The second-order valence-electron chi connectivity index (χ2n) is 7.20. The van der Waals surface area contributed by atoms with Crippen LogP contribution >= 0.6 is 0 Å². The molecule has 0 amide bonds. The van der Waals surface area contributed by atoms with E-state index in [0.717, 1.165) is 22.2 Å². The van der Waals surface area contributed by atoms with Crippen molar-refractivity contribution in [2.45, 2.75) is 6.92 Å². The summed E-state index contributed by atoms with van der Waals surface area (Å²) in [5.74, 6) is 0.933. The largest absolute Gasteiger partial charge is 0.462 e. The molecule has 2 aromatic carbocycles. The smallest absolute Gasteiger partial charge is 0.343 e. The summed E-state index contributed by atoms with van der Waals surface area (Å²) >= 11 is 0. The molecule has 0 spiro atoms. The topological polar surface area (TPSA) is 94.8 Å². The standard InChI is InChI=1S/C25H20N6O2/c1-2-33-25(32)19-16-26-31(23-15-12-18-10-6-7-11-20(18)27-23)24(19)28-22-14-13-21(29-30-22)17-8-4-3-5-9-17/h3-16H,2H2,1H3,(H,28,30). The van der Waals surface area contributed by atoms with Crippen LogP contribution in [0.1, 0.15) is 17.3 Å². The number of anilines is 2. The molecule has 5 rings (SSSR count). The number of pyridine rings is 1. The van der Waals surface area contributed by atoms with Crippen LogP contribution in [0.25, 0.3) is 28.0 Å². The molecule has 0 atom stereocenters. The first-order valence-electron chi connectivity index (χ1n) is 10.5. The van der Waals surface area contributed by atoms with Gasteiger partial charge in [0.05, 0.1) is 24.0 Å². The van der Waals surface area contributed by atoms with Gasteiger partial charge in [-0.1, -0.05) is 48.5 Å². The van der Waals surface area contributed by atoms with Gasteiger partial charge in [0.2, 0.25) is 0 Å². The molecule has 0 aliphatic heterocycles. The van der Waals surface area contributed by atoms with Gasteiger partial charge in [0.1, 0.15) is 5.56 Å². The predicted octanol–water partition coefficient (Wildman–Crippen LogP) is 4.80. The zero-order valence-electron chi connectivity index (χ0n) is 17.8. The Kier molecular flexibility index (Phi) is 5.47. The summed E-state index contributed by atoms with van der Waals surface area (Å²) in [6.07, 6.45) is 1.46. The molecular formula is C25H20N6O2. The molecule has 162 valence electrons.